The molecule has 0 bridgehead atoms. The number of hydrogen-bond acceptors (Lipinski definition) is 7. The average Bonchev–Trinajstić information content (AvgIpc) is 3.57. The molecule has 0 unspecified atom stereocenters. The number of tetrazole rings is 1. The van der Waals surface area contributed by atoms with Crippen LogP contribution in [0.5, 0.6) is 17.2 Å². The smallest absolute Gasteiger partial charge is 0.272 e. The number of aromatic nitrogens is 5. The normalized spacial score (nSPS) is 10.9. The Bertz CT molecular complexity index is 1610. The maximum absolute atomic E-state index is 13.3. The number of fused-ring (bicyclic) bond motifs is 1. The standard InChI is InChI=1S/C26H23ClN6O4/c1-33-20-11-14(17-8-10-22(35-2)24(37-4)23(17)36-3)5-6-15(20)12-21(33)26(34)28-19-9-7-16(27)13-18(19)25-29-31-32-30-25/h5-13H,1-4H3,(H,28,34)(H,29,30,31,32). The van der Waals surface area contributed by atoms with Crippen LogP contribution in [-0.4, -0.2) is 52.4 Å². The van der Waals surface area contributed by atoms with Crippen LogP contribution in [0.2, 0.25) is 5.02 Å². The second-order valence-electron chi connectivity index (χ2n) is 8.14. The van der Waals surface area contributed by atoms with Crippen molar-refractivity contribution in [3.05, 3.63) is 65.3 Å². The first-order valence-corrected chi connectivity index (χ1v) is 11.6. The van der Waals surface area contributed by atoms with Gasteiger partial charge in [-0.1, -0.05) is 23.7 Å². The van der Waals surface area contributed by atoms with Gasteiger partial charge in [0.1, 0.15) is 5.69 Å². The highest BCUT2D eigenvalue weighted by molar-refractivity contribution is 6.31. The van der Waals surface area contributed by atoms with E-state index in [-0.39, 0.29) is 5.91 Å². The molecule has 0 aliphatic rings. The van der Waals surface area contributed by atoms with Gasteiger partial charge in [0.15, 0.2) is 17.3 Å². The van der Waals surface area contributed by atoms with Crippen LogP contribution >= 0.6 is 11.6 Å². The number of rotatable bonds is 7. The van der Waals surface area contributed by atoms with Gasteiger partial charge in [0.05, 0.1) is 27.0 Å². The lowest BCUT2D eigenvalue weighted by atomic mass is 10.0. The number of methoxy groups -OCH3 is 3. The van der Waals surface area contributed by atoms with Crippen molar-refractivity contribution in [2.75, 3.05) is 26.6 Å². The molecule has 0 spiro atoms. The molecule has 2 aromatic heterocycles. The number of carbonyl (C=O) groups is 1. The molecule has 11 heteroatoms. The first-order valence-electron chi connectivity index (χ1n) is 11.2. The van der Waals surface area contributed by atoms with E-state index >= 15 is 0 Å². The zero-order chi connectivity index (χ0) is 26.1. The summed E-state index contributed by atoms with van der Waals surface area (Å²) in [6.07, 6.45) is 0. The molecule has 0 atom stereocenters. The number of halogens is 1. The van der Waals surface area contributed by atoms with Crippen molar-refractivity contribution in [3.8, 4) is 39.8 Å². The lowest BCUT2D eigenvalue weighted by Crippen LogP contribution is -2.16. The number of aryl methyl sites for hydroxylation is 1. The van der Waals surface area contributed by atoms with Gasteiger partial charge in [-0.2, -0.15) is 0 Å². The molecular weight excluding hydrogens is 496 g/mol. The van der Waals surface area contributed by atoms with Crippen molar-refractivity contribution in [2.24, 2.45) is 7.05 Å². The summed E-state index contributed by atoms with van der Waals surface area (Å²) in [6, 6.07) is 16.6. The van der Waals surface area contributed by atoms with Gasteiger partial charge in [0, 0.05) is 34.1 Å². The lowest BCUT2D eigenvalue weighted by Gasteiger charge is -2.16. The second kappa shape index (κ2) is 9.82. The number of benzene rings is 3. The number of carbonyl (C=O) groups excluding carboxylic acids is 1. The molecule has 3 aromatic carbocycles. The van der Waals surface area contributed by atoms with E-state index in [0.29, 0.717) is 45.0 Å². The summed E-state index contributed by atoms with van der Waals surface area (Å²) in [6.45, 7) is 0. The summed E-state index contributed by atoms with van der Waals surface area (Å²) in [7, 11) is 6.58. The summed E-state index contributed by atoms with van der Waals surface area (Å²) in [5, 5.41) is 18.2. The maximum atomic E-state index is 13.3. The van der Waals surface area contributed by atoms with Gasteiger partial charge >= 0.3 is 0 Å². The predicted molar refractivity (Wildman–Crippen MR) is 141 cm³/mol. The molecule has 0 fully saturated rings. The third-order valence-corrected chi connectivity index (χ3v) is 6.36. The van der Waals surface area contributed by atoms with Crippen molar-refractivity contribution < 1.29 is 19.0 Å². The Kier molecular flexibility index (Phi) is 6.41. The molecule has 10 nitrogen and oxygen atoms in total. The molecule has 0 aliphatic carbocycles. The van der Waals surface area contributed by atoms with E-state index in [1.165, 1.54) is 0 Å². The summed E-state index contributed by atoms with van der Waals surface area (Å²) >= 11 is 6.17. The molecule has 2 N–H and O–H groups in total. The summed E-state index contributed by atoms with van der Waals surface area (Å²) in [5.41, 5.74) is 4.18. The van der Waals surface area contributed by atoms with Gasteiger partial charge < -0.3 is 24.1 Å². The first-order chi connectivity index (χ1) is 17.9. The lowest BCUT2D eigenvalue weighted by molar-refractivity contribution is 0.102. The number of amides is 1. The Labute approximate surface area is 217 Å². The number of anilines is 1. The molecule has 1 amide bonds. The predicted octanol–water partition coefficient (Wildman–Crippen LogP) is 4.96. The van der Waals surface area contributed by atoms with Crippen LogP contribution in [0.15, 0.2) is 54.6 Å². The minimum absolute atomic E-state index is 0.292. The summed E-state index contributed by atoms with van der Waals surface area (Å²) in [4.78, 5) is 13.3. The summed E-state index contributed by atoms with van der Waals surface area (Å²) in [5.74, 6) is 1.74. The molecule has 0 aliphatic heterocycles. The highest BCUT2D eigenvalue weighted by Crippen LogP contribution is 2.44. The Hall–Kier alpha value is -4.57. The van der Waals surface area contributed by atoms with Gasteiger partial charge in [-0.25, -0.2) is 5.10 Å². The quantitative estimate of drug-likeness (QED) is 0.313. The van der Waals surface area contributed by atoms with Crippen LogP contribution in [0, 0.1) is 0 Å². The zero-order valence-electron chi connectivity index (χ0n) is 20.5. The zero-order valence-corrected chi connectivity index (χ0v) is 21.3. The molecular formula is C26H23ClN6O4. The molecule has 0 saturated heterocycles. The van der Waals surface area contributed by atoms with Crippen molar-refractivity contribution in [3.63, 3.8) is 0 Å². The highest BCUT2D eigenvalue weighted by atomic mass is 35.5. The van der Waals surface area contributed by atoms with Gasteiger partial charge in [0.25, 0.3) is 5.91 Å². The number of nitrogens with one attached hydrogen (secondary N) is 2. The molecule has 0 saturated carbocycles. The van der Waals surface area contributed by atoms with E-state index in [1.54, 1.807) is 39.5 Å². The highest BCUT2D eigenvalue weighted by Gasteiger charge is 2.20. The molecule has 5 rings (SSSR count). The topological polar surface area (TPSA) is 116 Å². The van der Waals surface area contributed by atoms with Crippen LogP contribution in [0.1, 0.15) is 10.5 Å². The van der Waals surface area contributed by atoms with E-state index in [1.807, 2.05) is 48.0 Å². The fourth-order valence-corrected chi connectivity index (χ4v) is 4.50. The maximum Gasteiger partial charge on any atom is 0.272 e. The van der Waals surface area contributed by atoms with Crippen molar-refractivity contribution in [1.82, 2.24) is 25.2 Å². The van der Waals surface area contributed by atoms with Gasteiger partial charge in [-0.3, -0.25) is 4.79 Å². The number of nitrogens with zero attached hydrogens (tertiary/aromatic N) is 4. The fourth-order valence-electron chi connectivity index (χ4n) is 4.33. The molecule has 0 radical (unpaired) electrons. The Morgan fingerprint density at radius 1 is 0.946 bits per heavy atom. The first kappa shape index (κ1) is 24.1. The molecule has 5 aromatic rings. The second-order valence-corrected chi connectivity index (χ2v) is 8.57. The Morgan fingerprint density at radius 3 is 2.46 bits per heavy atom. The third-order valence-electron chi connectivity index (χ3n) is 6.12. The van der Waals surface area contributed by atoms with Gasteiger partial charge in [-0.05, 0) is 58.5 Å². The van der Waals surface area contributed by atoms with Crippen molar-refractivity contribution in [1.29, 1.82) is 0 Å². The molecule has 188 valence electrons. The van der Waals surface area contributed by atoms with Crippen molar-refractivity contribution >= 4 is 34.1 Å². The minimum Gasteiger partial charge on any atom is -0.493 e. The van der Waals surface area contributed by atoms with Crippen molar-refractivity contribution in [2.45, 2.75) is 0 Å². The molecule has 2 heterocycles. The minimum atomic E-state index is -0.292. The number of aromatic amines is 1. The SMILES string of the molecule is COc1ccc(-c2ccc3cc(C(=O)Nc4ccc(Cl)cc4-c4nnn[nH]4)n(C)c3c2)c(OC)c1OC. The van der Waals surface area contributed by atoms with Crippen LogP contribution in [0.3, 0.4) is 0 Å². The number of H-pyrrole nitrogens is 1. The van der Waals surface area contributed by atoms with Gasteiger partial charge in [0.2, 0.25) is 5.75 Å². The van der Waals surface area contributed by atoms with Crippen LogP contribution in [0.25, 0.3) is 33.4 Å². The Morgan fingerprint density at radius 2 is 1.76 bits per heavy atom. The van der Waals surface area contributed by atoms with E-state index in [4.69, 9.17) is 25.8 Å². The third kappa shape index (κ3) is 4.31. The van der Waals surface area contributed by atoms with Crippen LogP contribution in [-0.2, 0) is 7.05 Å². The Balaban J connectivity index is 1.52. The monoisotopic (exact) mass is 518 g/mol. The van der Waals surface area contributed by atoms with Crippen LogP contribution < -0.4 is 19.5 Å². The van der Waals surface area contributed by atoms with E-state index < -0.39 is 0 Å². The van der Waals surface area contributed by atoms with Crippen LogP contribution in [0.4, 0.5) is 5.69 Å². The number of ether oxygens (including phenoxy) is 3. The summed E-state index contributed by atoms with van der Waals surface area (Å²) < 4.78 is 18.4. The average molecular weight is 519 g/mol. The van der Waals surface area contributed by atoms with Gasteiger partial charge in [-0.15, -0.1) is 5.10 Å². The van der Waals surface area contributed by atoms with E-state index in [9.17, 15) is 4.79 Å². The largest absolute Gasteiger partial charge is 0.493 e. The fraction of sp³-hybridized carbons (Fsp3) is 0.154. The number of hydrogen-bond donors (Lipinski definition) is 2. The molecule has 37 heavy (non-hydrogen) atoms. The van der Waals surface area contributed by atoms with E-state index in [0.717, 1.165) is 22.0 Å². The van der Waals surface area contributed by atoms with E-state index in [2.05, 4.69) is 25.9 Å².